The third-order valence-corrected chi connectivity index (χ3v) is 9.75. The largest absolute Gasteiger partial charge is 0.394 e. The van der Waals surface area contributed by atoms with Crippen LogP contribution in [-0.4, -0.2) is 68.3 Å². The summed E-state index contributed by atoms with van der Waals surface area (Å²) in [6.07, 6.45) is 4.27. The number of benzene rings is 4. The van der Waals surface area contributed by atoms with Gasteiger partial charge in [0.25, 0.3) is 11.8 Å². The smallest absolute Gasteiger partial charge is 0.323 e. The number of amides is 4. The Morgan fingerprint density at radius 1 is 0.792 bits per heavy atom. The van der Waals surface area contributed by atoms with Crippen molar-refractivity contribution in [3.05, 3.63) is 131 Å². The maximum atomic E-state index is 14.6. The fourth-order valence-corrected chi connectivity index (χ4v) is 6.78. The van der Waals surface area contributed by atoms with Gasteiger partial charge >= 0.3 is 6.03 Å². The van der Waals surface area contributed by atoms with E-state index in [1.54, 1.807) is 33.8 Å². The number of aryl methyl sites for hydroxylation is 1. The van der Waals surface area contributed by atoms with Crippen LogP contribution in [0.15, 0.2) is 103 Å². The van der Waals surface area contributed by atoms with E-state index in [1.807, 2.05) is 90.7 Å². The minimum absolute atomic E-state index is 0.138. The molecule has 53 heavy (non-hydrogen) atoms. The molecule has 10 heteroatoms. The molecule has 1 unspecified atom stereocenters. The van der Waals surface area contributed by atoms with Crippen LogP contribution >= 0.6 is 0 Å². The molecule has 1 aliphatic heterocycles. The first kappa shape index (κ1) is 37.0. The Hall–Kier alpha value is -5.74. The Labute approximate surface area is 311 Å². The van der Waals surface area contributed by atoms with Gasteiger partial charge in [-0.05, 0) is 84.8 Å². The third kappa shape index (κ3) is 8.67. The Morgan fingerprint density at radius 3 is 2.09 bits per heavy atom. The maximum absolute atomic E-state index is 14.6. The minimum Gasteiger partial charge on any atom is -0.394 e. The van der Waals surface area contributed by atoms with Gasteiger partial charge in [-0.3, -0.25) is 9.59 Å². The third-order valence-electron chi connectivity index (χ3n) is 9.75. The summed E-state index contributed by atoms with van der Waals surface area (Å²) in [4.78, 5) is 45.1. The van der Waals surface area contributed by atoms with Crippen molar-refractivity contribution in [2.24, 2.45) is 0 Å². The number of fused-ring (bicyclic) bond motifs is 1. The summed E-state index contributed by atoms with van der Waals surface area (Å²) in [6, 6.07) is 31.5. The highest BCUT2D eigenvalue weighted by Gasteiger charge is 2.32. The summed E-state index contributed by atoms with van der Waals surface area (Å²) in [6.45, 7) is 7.50. The normalized spacial score (nSPS) is 13.7. The number of hydrogen-bond donors (Lipinski definition) is 3. The second-order valence-electron chi connectivity index (χ2n) is 13.6. The van der Waals surface area contributed by atoms with Crippen LogP contribution in [0.5, 0.6) is 0 Å². The number of carbonyl (C=O) groups is 3. The summed E-state index contributed by atoms with van der Waals surface area (Å²) >= 11 is 0. The molecule has 2 heterocycles. The number of nitrogens with one attached hydrogen (secondary N) is 2. The van der Waals surface area contributed by atoms with Gasteiger partial charge in [0.2, 0.25) is 0 Å². The lowest BCUT2D eigenvalue weighted by atomic mass is 9.93. The van der Waals surface area contributed by atoms with Gasteiger partial charge in [-0.1, -0.05) is 93.4 Å². The molecule has 0 bridgehead atoms. The molecule has 0 spiro atoms. The summed E-state index contributed by atoms with van der Waals surface area (Å²) in [5, 5.41) is 21.0. The van der Waals surface area contributed by atoms with Gasteiger partial charge in [0.1, 0.15) is 0 Å². The van der Waals surface area contributed by atoms with Crippen molar-refractivity contribution in [1.82, 2.24) is 19.6 Å². The van der Waals surface area contributed by atoms with Crippen molar-refractivity contribution >= 4 is 29.2 Å². The number of nitrogens with zero attached hydrogens (tertiary/aromatic N) is 4. The van der Waals surface area contributed by atoms with E-state index in [0.29, 0.717) is 54.5 Å². The molecule has 4 amide bonds. The summed E-state index contributed by atoms with van der Waals surface area (Å²) < 4.78 is 1.63. The standard InChI is InChI=1S/C43H48N6O4/c1-4-6-23-47(24-7-5-2)42(52)39-25-30(3)49(46-39)40-22-21-36(45-43(53)44-35-19-17-32(18-20-35)31-13-9-8-10-14-31)27-38(40)41(51)48-28-34-16-12-11-15-33(34)26-37(48)29-50/h8-22,25,27,37,50H,4-7,23-24,26,28-29H2,1-3H3,(H2,44,45,53). The second kappa shape index (κ2) is 17.2. The van der Waals surface area contributed by atoms with Crippen LogP contribution in [0.1, 0.15) is 77.2 Å². The molecule has 4 aromatic carbocycles. The number of aliphatic hydroxyl groups is 1. The lowest BCUT2D eigenvalue weighted by Gasteiger charge is -2.36. The molecular weight excluding hydrogens is 665 g/mol. The maximum Gasteiger partial charge on any atom is 0.323 e. The predicted molar refractivity (Wildman–Crippen MR) is 209 cm³/mol. The molecule has 1 atom stereocenters. The topological polar surface area (TPSA) is 120 Å². The van der Waals surface area contributed by atoms with Gasteiger partial charge in [0.05, 0.1) is 23.9 Å². The van der Waals surface area contributed by atoms with Crippen LogP contribution in [-0.2, 0) is 13.0 Å². The highest BCUT2D eigenvalue weighted by atomic mass is 16.3. The number of rotatable bonds is 13. The van der Waals surface area contributed by atoms with E-state index >= 15 is 0 Å². The van der Waals surface area contributed by atoms with Crippen molar-refractivity contribution in [2.75, 3.05) is 30.3 Å². The van der Waals surface area contributed by atoms with Gasteiger partial charge < -0.3 is 25.5 Å². The Kier molecular flexibility index (Phi) is 12.0. The molecule has 274 valence electrons. The Bertz CT molecular complexity index is 2030. The van der Waals surface area contributed by atoms with Crippen molar-refractivity contribution in [2.45, 2.75) is 65.5 Å². The van der Waals surface area contributed by atoms with E-state index in [9.17, 15) is 19.5 Å². The van der Waals surface area contributed by atoms with Gasteiger partial charge in [-0.15, -0.1) is 0 Å². The number of anilines is 2. The van der Waals surface area contributed by atoms with Gasteiger partial charge in [0, 0.05) is 36.7 Å². The van der Waals surface area contributed by atoms with E-state index in [2.05, 4.69) is 24.5 Å². The van der Waals surface area contributed by atoms with Gasteiger partial charge in [-0.2, -0.15) is 5.10 Å². The highest BCUT2D eigenvalue weighted by molar-refractivity contribution is 6.03. The summed E-state index contributed by atoms with van der Waals surface area (Å²) in [5.41, 5.74) is 7.00. The predicted octanol–water partition coefficient (Wildman–Crippen LogP) is 8.09. The number of unbranched alkanes of at least 4 members (excludes halogenated alkanes) is 2. The first-order valence-electron chi connectivity index (χ1n) is 18.5. The molecule has 5 aromatic rings. The molecule has 0 saturated carbocycles. The molecule has 3 N–H and O–H groups in total. The molecule has 1 aliphatic rings. The van der Waals surface area contributed by atoms with E-state index in [4.69, 9.17) is 5.10 Å². The number of aliphatic hydroxyl groups excluding tert-OH is 1. The van der Waals surface area contributed by atoms with Gasteiger partial charge in [0.15, 0.2) is 5.69 Å². The van der Waals surface area contributed by atoms with Crippen LogP contribution in [0.3, 0.4) is 0 Å². The number of aromatic nitrogens is 2. The molecule has 0 aliphatic carbocycles. The first-order valence-corrected chi connectivity index (χ1v) is 18.5. The number of urea groups is 1. The zero-order valence-corrected chi connectivity index (χ0v) is 30.7. The fourth-order valence-electron chi connectivity index (χ4n) is 6.78. The molecule has 10 nitrogen and oxygen atoms in total. The zero-order chi connectivity index (χ0) is 37.3. The summed E-state index contributed by atoms with van der Waals surface area (Å²) in [7, 11) is 0. The number of hydrogen-bond acceptors (Lipinski definition) is 5. The SMILES string of the molecule is CCCCN(CCCC)C(=O)c1cc(C)n(-c2ccc(NC(=O)Nc3ccc(-c4ccccc4)cc3)cc2C(=O)N2Cc3ccccc3CC2CO)n1. The highest BCUT2D eigenvalue weighted by Crippen LogP contribution is 2.29. The first-order chi connectivity index (χ1) is 25.8. The summed E-state index contributed by atoms with van der Waals surface area (Å²) in [5.74, 6) is -0.453. The molecular formula is C43H48N6O4. The van der Waals surface area contributed by atoms with Crippen LogP contribution in [0.2, 0.25) is 0 Å². The fraction of sp³-hybridized carbons (Fsp3) is 0.302. The van der Waals surface area contributed by atoms with Gasteiger partial charge in [-0.25, -0.2) is 9.48 Å². The zero-order valence-electron chi connectivity index (χ0n) is 30.7. The minimum atomic E-state index is -0.467. The van der Waals surface area contributed by atoms with Crippen molar-refractivity contribution in [1.29, 1.82) is 0 Å². The molecule has 6 rings (SSSR count). The van der Waals surface area contributed by atoms with Crippen molar-refractivity contribution in [3.8, 4) is 16.8 Å². The van der Waals surface area contributed by atoms with Crippen LogP contribution in [0, 0.1) is 6.92 Å². The lowest BCUT2D eigenvalue weighted by molar-refractivity contribution is 0.0544. The number of carbonyl (C=O) groups excluding carboxylic acids is 3. The van der Waals surface area contributed by atoms with E-state index in [-0.39, 0.29) is 24.0 Å². The quantitative estimate of drug-likeness (QED) is 0.114. The van der Waals surface area contributed by atoms with Crippen LogP contribution in [0.4, 0.5) is 16.2 Å². The Balaban J connectivity index is 1.31. The van der Waals surface area contributed by atoms with E-state index in [1.165, 1.54) is 0 Å². The Morgan fingerprint density at radius 2 is 1.42 bits per heavy atom. The molecule has 0 radical (unpaired) electrons. The molecule has 0 fully saturated rings. The average Bonchev–Trinajstić information content (AvgIpc) is 3.58. The second-order valence-corrected chi connectivity index (χ2v) is 13.6. The van der Waals surface area contributed by atoms with Crippen molar-refractivity contribution < 1.29 is 19.5 Å². The monoisotopic (exact) mass is 712 g/mol. The van der Waals surface area contributed by atoms with E-state index < -0.39 is 12.1 Å². The molecule has 1 aromatic heterocycles. The van der Waals surface area contributed by atoms with E-state index in [0.717, 1.165) is 47.9 Å². The van der Waals surface area contributed by atoms with Crippen LogP contribution < -0.4 is 10.6 Å². The lowest BCUT2D eigenvalue weighted by Crippen LogP contribution is -2.46. The molecule has 0 saturated heterocycles. The average molecular weight is 713 g/mol. The van der Waals surface area contributed by atoms with Crippen molar-refractivity contribution in [3.63, 3.8) is 0 Å². The van der Waals surface area contributed by atoms with Crippen LogP contribution in [0.25, 0.3) is 16.8 Å².